The molecule has 2 atom stereocenters. The van der Waals surface area contributed by atoms with Crippen LogP contribution in [0.4, 0.5) is 11.4 Å². The van der Waals surface area contributed by atoms with Crippen molar-refractivity contribution in [3.63, 3.8) is 0 Å². The van der Waals surface area contributed by atoms with Crippen LogP contribution in [0.1, 0.15) is 25.7 Å². The molecule has 0 heterocycles. The Balaban J connectivity index is 2.01. The summed E-state index contributed by atoms with van der Waals surface area (Å²) in [6.07, 6.45) is 4.05. The van der Waals surface area contributed by atoms with Crippen molar-refractivity contribution in [2.45, 2.75) is 37.8 Å². The second-order valence-corrected chi connectivity index (χ2v) is 4.23. The highest BCUT2D eigenvalue weighted by molar-refractivity contribution is 5.54. The van der Waals surface area contributed by atoms with E-state index in [1.54, 1.807) is 0 Å². The lowest BCUT2D eigenvalue weighted by molar-refractivity contribution is 0.116. The fourth-order valence-electron chi connectivity index (χ4n) is 2.12. The Morgan fingerprint density at radius 3 is 2.80 bits per heavy atom. The molecule has 2 rings (SSSR count). The van der Waals surface area contributed by atoms with Crippen LogP contribution >= 0.6 is 0 Å². The van der Waals surface area contributed by atoms with E-state index < -0.39 is 0 Å². The van der Waals surface area contributed by atoms with Gasteiger partial charge in [0.25, 0.3) is 0 Å². The lowest BCUT2D eigenvalue weighted by atomic mass is 9.92. The van der Waals surface area contributed by atoms with Crippen LogP contribution in [0.3, 0.4) is 0 Å². The minimum Gasteiger partial charge on any atom is -0.399 e. The summed E-state index contributed by atoms with van der Waals surface area (Å²) in [5, 5.41) is 13.1. The van der Waals surface area contributed by atoms with E-state index in [2.05, 4.69) is 5.32 Å². The van der Waals surface area contributed by atoms with Crippen molar-refractivity contribution in [2.75, 3.05) is 11.1 Å². The molecule has 82 valence electrons. The number of aliphatic hydroxyl groups is 1. The Hall–Kier alpha value is -1.22. The van der Waals surface area contributed by atoms with Crippen molar-refractivity contribution in [3.8, 4) is 0 Å². The summed E-state index contributed by atoms with van der Waals surface area (Å²) in [7, 11) is 0. The fourth-order valence-corrected chi connectivity index (χ4v) is 2.12. The van der Waals surface area contributed by atoms with Crippen LogP contribution in [0.25, 0.3) is 0 Å². The quantitative estimate of drug-likeness (QED) is 0.648. The van der Waals surface area contributed by atoms with Gasteiger partial charge in [0.2, 0.25) is 0 Å². The van der Waals surface area contributed by atoms with Crippen LogP contribution in [-0.2, 0) is 0 Å². The monoisotopic (exact) mass is 206 g/mol. The third kappa shape index (κ3) is 2.63. The first-order chi connectivity index (χ1) is 7.25. The molecule has 0 radical (unpaired) electrons. The largest absolute Gasteiger partial charge is 0.399 e. The smallest absolute Gasteiger partial charge is 0.0741 e. The van der Waals surface area contributed by atoms with E-state index in [9.17, 15) is 5.11 Å². The Morgan fingerprint density at radius 1 is 1.27 bits per heavy atom. The maximum Gasteiger partial charge on any atom is 0.0741 e. The zero-order chi connectivity index (χ0) is 10.7. The molecule has 0 amide bonds. The highest BCUT2D eigenvalue weighted by atomic mass is 16.3. The number of aliphatic hydroxyl groups excluding tert-OH is 1. The van der Waals surface area contributed by atoms with E-state index in [0.717, 1.165) is 30.6 Å². The molecule has 4 N–H and O–H groups in total. The maximum atomic E-state index is 9.81. The summed E-state index contributed by atoms with van der Waals surface area (Å²) < 4.78 is 0. The molecule has 1 fully saturated rings. The zero-order valence-electron chi connectivity index (χ0n) is 8.82. The Kier molecular flexibility index (Phi) is 3.11. The van der Waals surface area contributed by atoms with Crippen LogP contribution < -0.4 is 11.1 Å². The van der Waals surface area contributed by atoms with Gasteiger partial charge in [0.1, 0.15) is 0 Å². The average molecular weight is 206 g/mol. The van der Waals surface area contributed by atoms with Crippen molar-refractivity contribution >= 4 is 11.4 Å². The second kappa shape index (κ2) is 4.53. The van der Waals surface area contributed by atoms with Gasteiger partial charge in [0.05, 0.1) is 12.1 Å². The Morgan fingerprint density at radius 2 is 2.07 bits per heavy atom. The SMILES string of the molecule is Nc1cccc(NC2CCCCC2O)c1. The molecule has 1 aromatic rings. The maximum absolute atomic E-state index is 9.81. The van der Waals surface area contributed by atoms with Gasteiger partial charge in [-0.15, -0.1) is 0 Å². The summed E-state index contributed by atoms with van der Waals surface area (Å²) in [6.45, 7) is 0. The van der Waals surface area contributed by atoms with Crippen molar-refractivity contribution in [2.24, 2.45) is 0 Å². The molecule has 0 spiro atoms. The molecule has 0 aromatic heterocycles. The molecule has 1 aliphatic carbocycles. The second-order valence-electron chi connectivity index (χ2n) is 4.23. The van der Waals surface area contributed by atoms with Gasteiger partial charge >= 0.3 is 0 Å². The normalized spacial score (nSPS) is 26.2. The highest BCUT2D eigenvalue weighted by Crippen LogP contribution is 2.22. The molecule has 1 aromatic carbocycles. The topological polar surface area (TPSA) is 58.3 Å². The molecule has 15 heavy (non-hydrogen) atoms. The van der Waals surface area contributed by atoms with Crippen molar-refractivity contribution in [3.05, 3.63) is 24.3 Å². The minimum absolute atomic E-state index is 0.181. The van der Waals surface area contributed by atoms with Crippen LogP contribution in [0.15, 0.2) is 24.3 Å². The van der Waals surface area contributed by atoms with Gasteiger partial charge in [-0.25, -0.2) is 0 Å². The first-order valence-electron chi connectivity index (χ1n) is 5.56. The molecule has 0 saturated heterocycles. The third-order valence-corrected chi connectivity index (χ3v) is 2.97. The van der Waals surface area contributed by atoms with Gasteiger partial charge in [0.15, 0.2) is 0 Å². The Labute approximate surface area is 90.3 Å². The molecule has 3 heteroatoms. The minimum atomic E-state index is -0.222. The van der Waals surface area contributed by atoms with Crippen LogP contribution in [-0.4, -0.2) is 17.3 Å². The summed E-state index contributed by atoms with van der Waals surface area (Å²) >= 11 is 0. The molecular weight excluding hydrogens is 188 g/mol. The van der Waals surface area contributed by atoms with Crippen LogP contribution in [0, 0.1) is 0 Å². The zero-order valence-corrected chi connectivity index (χ0v) is 8.82. The molecular formula is C12H18N2O. The van der Waals surface area contributed by atoms with E-state index in [0.29, 0.717) is 0 Å². The first-order valence-corrected chi connectivity index (χ1v) is 5.56. The predicted octanol–water partition coefficient (Wildman–Crippen LogP) is 1.98. The number of nitrogens with two attached hydrogens (primary N) is 1. The molecule has 1 aliphatic rings. The summed E-state index contributed by atoms with van der Waals surface area (Å²) in [5.41, 5.74) is 7.45. The van der Waals surface area contributed by atoms with E-state index in [1.807, 2.05) is 24.3 Å². The first kappa shape index (κ1) is 10.3. The molecule has 1 saturated carbocycles. The average Bonchev–Trinajstić information content (AvgIpc) is 2.22. The van der Waals surface area contributed by atoms with Crippen molar-refractivity contribution < 1.29 is 5.11 Å². The van der Waals surface area contributed by atoms with Gasteiger partial charge in [-0.2, -0.15) is 0 Å². The number of hydrogen-bond acceptors (Lipinski definition) is 3. The van der Waals surface area contributed by atoms with Gasteiger partial charge in [-0.1, -0.05) is 18.9 Å². The van der Waals surface area contributed by atoms with Crippen LogP contribution in [0.2, 0.25) is 0 Å². The lowest BCUT2D eigenvalue weighted by Gasteiger charge is -2.29. The molecule has 0 bridgehead atoms. The molecule has 3 nitrogen and oxygen atoms in total. The number of anilines is 2. The predicted molar refractivity (Wildman–Crippen MR) is 62.7 cm³/mol. The van der Waals surface area contributed by atoms with Gasteiger partial charge in [0, 0.05) is 11.4 Å². The third-order valence-electron chi connectivity index (χ3n) is 2.97. The van der Waals surface area contributed by atoms with Gasteiger partial charge in [-0.3, -0.25) is 0 Å². The van der Waals surface area contributed by atoms with Gasteiger partial charge in [-0.05, 0) is 31.0 Å². The van der Waals surface area contributed by atoms with Gasteiger partial charge < -0.3 is 16.2 Å². The van der Waals surface area contributed by atoms with Crippen molar-refractivity contribution in [1.29, 1.82) is 0 Å². The number of nitrogen functional groups attached to an aromatic ring is 1. The fraction of sp³-hybridized carbons (Fsp3) is 0.500. The molecule has 0 aliphatic heterocycles. The van der Waals surface area contributed by atoms with E-state index in [4.69, 9.17) is 5.73 Å². The summed E-state index contributed by atoms with van der Waals surface area (Å²) in [5.74, 6) is 0. The number of hydrogen-bond donors (Lipinski definition) is 3. The summed E-state index contributed by atoms with van der Waals surface area (Å²) in [4.78, 5) is 0. The lowest BCUT2D eigenvalue weighted by Crippen LogP contribution is -2.36. The number of nitrogens with one attached hydrogen (secondary N) is 1. The van der Waals surface area contributed by atoms with Crippen LogP contribution in [0.5, 0.6) is 0 Å². The molecule has 2 unspecified atom stereocenters. The van der Waals surface area contributed by atoms with E-state index >= 15 is 0 Å². The van der Waals surface area contributed by atoms with E-state index in [-0.39, 0.29) is 12.1 Å². The Bertz CT molecular complexity index is 327. The number of benzene rings is 1. The van der Waals surface area contributed by atoms with Crippen molar-refractivity contribution in [1.82, 2.24) is 0 Å². The number of rotatable bonds is 2. The summed E-state index contributed by atoms with van der Waals surface area (Å²) in [6, 6.07) is 7.86. The highest BCUT2D eigenvalue weighted by Gasteiger charge is 2.22. The standard InChI is InChI=1S/C12H18N2O/c13-9-4-3-5-10(8-9)14-11-6-1-2-7-12(11)15/h3-5,8,11-12,14-15H,1-2,6-7,13H2. The van der Waals surface area contributed by atoms with E-state index in [1.165, 1.54) is 6.42 Å².